The first kappa shape index (κ1) is 18.3. The summed E-state index contributed by atoms with van der Waals surface area (Å²) in [6, 6.07) is 9.80. The van der Waals surface area contributed by atoms with Crippen molar-refractivity contribution in [2.45, 2.75) is 33.9 Å². The molecule has 0 saturated heterocycles. The third-order valence-corrected chi connectivity index (χ3v) is 5.81. The Balaban J connectivity index is 1.81. The SMILES string of the molecule is CCn1nccc1C(=O)N(Cc1cccnc1)c1nc2cc(C)cc(C)c2s1. The number of aromatic nitrogens is 4. The number of benzene rings is 1. The van der Waals surface area contributed by atoms with E-state index in [1.807, 2.05) is 19.1 Å². The lowest BCUT2D eigenvalue weighted by Gasteiger charge is -2.20. The summed E-state index contributed by atoms with van der Waals surface area (Å²) in [7, 11) is 0. The molecule has 0 aliphatic heterocycles. The van der Waals surface area contributed by atoms with Gasteiger partial charge in [-0.2, -0.15) is 5.10 Å². The maximum atomic E-state index is 13.4. The number of hydrogen-bond donors (Lipinski definition) is 0. The van der Waals surface area contributed by atoms with Crippen molar-refractivity contribution in [3.63, 3.8) is 0 Å². The summed E-state index contributed by atoms with van der Waals surface area (Å²) in [4.78, 5) is 24.1. The molecule has 6 nitrogen and oxygen atoms in total. The number of thiazole rings is 1. The Kier molecular flexibility index (Phi) is 4.92. The maximum Gasteiger partial charge on any atom is 0.278 e. The van der Waals surface area contributed by atoms with E-state index in [1.165, 1.54) is 5.56 Å². The van der Waals surface area contributed by atoms with Gasteiger partial charge in [0.15, 0.2) is 5.13 Å². The highest BCUT2D eigenvalue weighted by molar-refractivity contribution is 7.22. The number of rotatable bonds is 5. The molecule has 0 aliphatic carbocycles. The molecule has 3 heterocycles. The van der Waals surface area contributed by atoms with E-state index in [4.69, 9.17) is 4.98 Å². The summed E-state index contributed by atoms with van der Waals surface area (Å²) in [5, 5.41) is 4.93. The Morgan fingerprint density at radius 1 is 1.21 bits per heavy atom. The summed E-state index contributed by atoms with van der Waals surface area (Å²) in [5.41, 5.74) is 4.76. The molecule has 0 bridgehead atoms. The van der Waals surface area contributed by atoms with Crippen molar-refractivity contribution in [3.8, 4) is 0 Å². The van der Waals surface area contributed by atoms with Crippen LogP contribution in [0.15, 0.2) is 48.9 Å². The van der Waals surface area contributed by atoms with Crippen LogP contribution in [0.4, 0.5) is 5.13 Å². The van der Waals surface area contributed by atoms with Crippen molar-refractivity contribution >= 4 is 32.6 Å². The highest BCUT2D eigenvalue weighted by atomic mass is 32.1. The highest BCUT2D eigenvalue weighted by Crippen LogP contribution is 2.33. The van der Waals surface area contributed by atoms with Crippen molar-refractivity contribution in [3.05, 3.63) is 71.3 Å². The Bertz CT molecular complexity index is 1130. The zero-order chi connectivity index (χ0) is 19.7. The van der Waals surface area contributed by atoms with Crippen molar-refractivity contribution in [1.29, 1.82) is 0 Å². The molecule has 0 spiro atoms. The first-order valence-corrected chi connectivity index (χ1v) is 9.99. The minimum atomic E-state index is -0.114. The van der Waals surface area contributed by atoms with Gasteiger partial charge in [0.1, 0.15) is 5.69 Å². The molecule has 1 amide bonds. The lowest BCUT2D eigenvalue weighted by Crippen LogP contribution is -2.32. The van der Waals surface area contributed by atoms with Crippen molar-refractivity contribution in [2.75, 3.05) is 4.90 Å². The molecular weight excluding hydrogens is 370 g/mol. The van der Waals surface area contributed by atoms with Gasteiger partial charge in [-0.3, -0.25) is 19.4 Å². The molecule has 0 N–H and O–H groups in total. The van der Waals surface area contributed by atoms with Gasteiger partial charge in [-0.15, -0.1) is 0 Å². The monoisotopic (exact) mass is 391 g/mol. The molecule has 28 heavy (non-hydrogen) atoms. The van der Waals surface area contributed by atoms with E-state index in [0.717, 1.165) is 21.3 Å². The predicted molar refractivity (Wildman–Crippen MR) is 112 cm³/mol. The fourth-order valence-corrected chi connectivity index (χ4v) is 4.30. The molecule has 0 aliphatic rings. The number of nitrogens with zero attached hydrogens (tertiary/aromatic N) is 5. The molecule has 0 fully saturated rings. The fourth-order valence-electron chi connectivity index (χ4n) is 3.29. The van der Waals surface area contributed by atoms with E-state index < -0.39 is 0 Å². The molecule has 4 rings (SSSR count). The van der Waals surface area contributed by atoms with E-state index in [1.54, 1.807) is 45.6 Å². The first-order valence-electron chi connectivity index (χ1n) is 9.17. The number of hydrogen-bond acceptors (Lipinski definition) is 5. The van der Waals surface area contributed by atoms with Crippen LogP contribution in [-0.4, -0.2) is 25.7 Å². The van der Waals surface area contributed by atoms with Crippen molar-refractivity contribution in [2.24, 2.45) is 0 Å². The summed E-state index contributed by atoms with van der Waals surface area (Å²) >= 11 is 1.54. The van der Waals surface area contributed by atoms with Crippen LogP contribution in [0.25, 0.3) is 10.2 Å². The smallest absolute Gasteiger partial charge is 0.278 e. The quantitative estimate of drug-likeness (QED) is 0.507. The van der Waals surface area contributed by atoms with Gasteiger partial charge in [0, 0.05) is 25.1 Å². The second-order valence-corrected chi connectivity index (χ2v) is 7.69. The summed E-state index contributed by atoms with van der Waals surface area (Å²) in [6.07, 6.45) is 5.16. The molecule has 4 aromatic rings. The molecule has 0 radical (unpaired) electrons. The lowest BCUT2D eigenvalue weighted by molar-refractivity contribution is 0.0975. The molecule has 142 valence electrons. The predicted octanol–water partition coefficient (Wildman–Crippen LogP) is 4.37. The van der Waals surface area contributed by atoms with Gasteiger partial charge < -0.3 is 0 Å². The average Bonchev–Trinajstić information content (AvgIpc) is 3.33. The summed E-state index contributed by atoms with van der Waals surface area (Å²) in [5.74, 6) is -0.114. The number of carbonyl (C=O) groups is 1. The average molecular weight is 392 g/mol. The second-order valence-electron chi connectivity index (χ2n) is 6.71. The van der Waals surface area contributed by atoms with Gasteiger partial charge in [-0.05, 0) is 55.7 Å². The van der Waals surface area contributed by atoms with E-state index in [-0.39, 0.29) is 5.91 Å². The Morgan fingerprint density at radius 2 is 2.07 bits per heavy atom. The Labute approximate surface area is 167 Å². The topological polar surface area (TPSA) is 63.9 Å². The minimum absolute atomic E-state index is 0.114. The van der Waals surface area contributed by atoms with Gasteiger partial charge in [0.2, 0.25) is 0 Å². The minimum Gasteiger partial charge on any atom is -0.278 e. The lowest BCUT2D eigenvalue weighted by atomic mass is 10.1. The maximum absolute atomic E-state index is 13.4. The van der Waals surface area contributed by atoms with Crippen LogP contribution in [-0.2, 0) is 13.1 Å². The third kappa shape index (κ3) is 3.41. The van der Waals surface area contributed by atoms with Crippen LogP contribution >= 0.6 is 11.3 Å². The summed E-state index contributed by atoms with van der Waals surface area (Å²) in [6.45, 7) is 7.14. The highest BCUT2D eigenvalue weighted by Gasteiger charge is 2.24. The van der Waals surface area contributed by atoms with Gasteiger partial charge in [0.25, 0.3) is 5.91 Å². The van der Waals surface area contributed by atoms with Gasteiger partial charge >= 0.3 is 0 Å². The molecule has 3 aromatic heterocycles. The standard InChI is InChI=1S/C21H21N5OS/c1-4-26-18(7-9-23-26)20(27)25(13-16-6-5-8-22-12-16)21-24-17-11-14(2)10-15(3)19(17)28-21/h5-12H,4,13H2,1-3H3. The normalized spacial score (nSPS) is 11.1. The van der Waals surface area contributed by atoms with Gasteiger partial charge in [0.05, 0.1) is 16.8 Å². The zero-order valence-electron chi connectivity index (χ0n) is 16.1. The molecular formula is C21H21N5OS. The van der Waals surface area contributed by atoms with E-state index >= 15 is 0 Å². The van der Waals surface area contributed by atoms with E-state index in [2.05, 4.69) is 36.1 Å². The number of anilines is 1. The molecule has 0 atom stereocenters. The van der Waals surface area contributed by atoms with Crippen LogP contribution in [0.2, 0.25) is 0 Å². The van der Waals surface area contributed by atoms with Crippen LogP contribution in [0, 0.1) is 13.8 Å². The van der Waals surface area contributed by atoms with Gasteiger partial charge in [-0.25, -0.2) is 4.98 Å². The summed E-state index contributed by atoms with van der Waals surface area (Å²) < 4.78 is 2.81. The number of aryl methyl sites for hydroxylation is 3. The van der Waals surface area contributed by atoms with E-state index in [9.17, 15) is 4.79 Å². The Hall–Kier alpha value is -3.06. The fraction of sp³-hybridized carbons (Fsp3) is 0.238. The first-order chi connectivity index (χ1) is 13.6. The Morgan fingerprint density at radius 3 is 2.82 bits per heavy atom. The molecule has 0 unspecified atom stereocenters. The molecule has 0 saturated carbocycles. The van der Waals surface area contributed by atoms with E-state index in [0.29, 0.717) is 23.9 Å². The zero-order valence-corrected chi connectivity index (χ0v) is 16.9. The number of pyridine rings is 1. The second kappa shape index (κ2) is 7.52. The molecule has 7 heteroatoms. The third-order valence-electron chi connectivity index (χ3n) is 4.58. The van der Waals surface area contributed by atoms with Crippen LogP contribution in [0.3, 0.4) is 0 Å². The van der Waals surface area contributed by atoms with Crippen LogP contribution < -0.4 is 4.90 Å². The molecule has 1 aromatic carbocycles. The van der Waals surface area contributed by atoms with Crippen molar-refractivity contribution < 1.29 is 4.79 Å². The van der Waals surface area contributed by atoms with Crippen molar-refractivity contribution in [1.82, 2.24) is 19.7 Å². The number of carbonyl (C=O) groups excluding carboxylic acids is 1. The van der Waals surface area contributed by atoms with Crippen LogP contribution in [0.1, 0.15) is 34.1 Å². The number of fused-ring (bicyclic) bond motifs is 1. The van der Waals surface area contributed by atoms with Gasteiger partial charge in [-0.1, -0.05) is 23.5 Å². The number of amides is 1. The largest absolute Gasteiger partial charge is 0.278 e. The van der Waals surface area contributed by atoms with Crippen LogP contribution in [0.5, 0.6) is 0 Å².